The maximum absolute atomic E-state index is 13.5. The molecule has 2 aromatic heterocycles. The molecular formula is C22H29FN6O4. The quantitative estimate of drug-likeness (QED) is 0.537. The number of halogens is 1. The summed E-state index contributed by atoms with van der Waals surface area (Å²) in [5, 5.41) is 20.9. The van der Waals surface area contributed by atoms with E-state index in [0.29, 0.717) is 24.3 Å². The number of carbonyl (C=O) groups excluding carboxylic acids is 2. The number of rotatable bonds is 7. The van der Waals surface area contributed by atoms with Gasteiger partial charge in [0.05, 0.1) is 12.1 Å². The molecule has 3 heterocycles. The van der Waals surface area contributed by atoms with E-state index in [2.05, 4.69) is 15.7 Å². The van der Waals surface area contributed by atoms with Gasteiger partial charge in [-0.3, -0.25) is 19.0 Å². The molecule has 10 nitrogen and oxygen atoms in total. The minimum Gasteiger partial charge on any atom is -0.492 e. The second-order valence-corrected chi connectivity index (χ2v) is 9.01. The van der Waals surface area contributed by atoms with Crippen LogP contribution in [0.1, 0.15) is 49.0 Å². The first-order chi connectivity index (χ1) is 15.7. The third kappa shape index (κ3) is 4.44. The van der Waals surface area contributed by atoms with Gasteiger partial charge in [-0.05, 0) is 31.3 Å². The topological polar surface area (TPSA) is 121 Å². The SMILES string of the molecule is CNc1nn2c(O)c(C(=O)NC3CC3)c(=O)n(CC(C)C)c2c1/C=C/C(=O)N1CC[C@H](F)C1. The molecule has 1 atom stereocenters. The van der Waals surface area contributed by atoms with Crippen molar-refractivity contribution in [3.8, 4) is 5.88 Å². The molecule has 33 heavy (non-hydrogen) atoms. The summed E-state index contributed by atoms with van der Waals surface area (Å²) in [4.78, 5) is 40.0. The molecule has 0 radical (unpaired) electrons. The van der Waals surface area contributed by atoms with Crippen LogP contribution in [0.25, 0.3) is 11.7 Å². The van der Waals surface area contributed by atoms with Gasteiger partial charge < -0.3 is 20.6 Å². The molecule has 4 rings (SSSR count). The molecule has 178 valence electrons. The summed E-state index contributed by atoms with van der Waals surface area (Å²) < 4.78 is 16.0. The van der Waals surface area contributed by atoms with Crippen LogP contribution in [0.2, 0.25) is 0 Å². The average Bonchev–Trinajstić information content (AvgIpc) is 3.33. The van der Waals surface area contributed by atoms with Crippen LogP contribution in [0.5, 0.6) is 5.88 Å². The van der Waals surface area contributed by atoms with Crippen molar-refractivity contribution in [2.75, 3.05) is 25.5 Å². The second-order valence-electron chi connectivity index (χ2n) is 9.01. The molecule has 2 aromatic rings. The molecule has 0 unspecified atom stereocenters. The van der Waals surface area contributed by atoms with Crippen molar-refractivity contribution in [2.45, 2.75) is 51.9 Å². The molecule has 2 fully saturated rings. The maximum atomic E-state index is 13.5. The first kappa shape index (κ1) is 22.8. The van der Waals surface area contributed by atoms with Gasteiger partial charge in [0.25, 0.3) is 11.5 Å². The minimum atomic E-state index is -1.03. The van der Waals surface area contributed by atoms with Crippen LogP contribution < -0.4 is 16.2 Å². The zero-order valence-electron chi connectivity index (χ0n) is 19.0. The largest absolute Gasteiger partial charge is 0.492 e. The number of nitrogens with zero attached hydrogens (tertiary/aromatic N) is 4. The molecule has 0 spiro atoms. The Hall–Kier alpha value is -3.37. The lowest BCUT2D eigenvalue weighted by atomic mass is 10.2. The van der Waals surface area contributed by atoms with E-state index in [1.54, 1.807) is 7.05 Å². The fourth-order valence-corrected chi connectivity index (χ4v) is 4.00. The van der Waals surface area contributed by atoms with Crippen molar-refractivity contribution in [3.05, 3.63) is 27.6 Å². The Bertz CT molecular complexity index is 1180. The number of amides is 2. The number of nitrogens with one attached hydrogen (secondary N) is 2. The van der Waals surface area contributed by atoms with E-state index in [-0.39, 0.29) is 42.2 Å². The van der Waals surface area contributed by atoms with E-state index in [4.69, 9.17) is 0 Å². The van der Waals surface area contributed by atoms with Crippen LogP contribution in [0, 0.1) is 5.92 Å². The van der Waals surface area contributed by atoms with Gasteiger partial charge >= 0.3 is 0 Å². The highest BCUT2D eigenvalue weighted by Gasteiger charge is 2.31. The van der Waals surface area contributed by atoms with Crippen molar-refractivity contribution in [1.29, 1.82) is 0 Å². The van der Waals surface area contributed by atoms with E-state index in [9.17, 15) is 23.9 Å². The molecule has 1 aliphatic carbocycles. The van der Waals surface area contributed by atoms with Gasteiger partial charge in [0.1, 0.15) is 6.17 Å². The van der Waals surface area contributed by atoms with Gasteiger partial charge in [0, 0.05) is 32.3 Å². The first-order valence-electron chi connectivity index (χ1n) is 11.2. The molecule has 0 bridgehead atoms. The van der Waals surface area contributed by atoms with Gasteiger partial charge in [-0.15, -0.1) is 5.10 Å². The molecule has 2 amide bonds. The fraction of sp³-hybridized carbons (Fsp3) is 0.545. The Balaban J connectivity index is 1.84. The van der Waals surface area contributed by atoms with Gasteiger partial charge in [0.2, 0.25) is 11.8 Å². The van der Waals surface area contributed by atoms with Crippen LogP contribution in [0.4, 0.5) is 10.2 Å². The predicted octanol–water partition coefficient (Wildman–Crippen LogP) is 1.38. The van der Waals surface area contributed by atoms with Crippen LogP contribution in [0.15, 0.2) is 10.9 Å². The summed E-state index contributed by atoms with van der Waals surface area (Å²) in [6, 6.07) is 0.00930. The molecule has 11 heteroatoms. The van der Waals surface area contributed by atoms with Crippen molar-refractivity contribution in [1.82, 2.24) is 24.4 Å². The fourth-order valence-electron chi connectivity index (χ4n) is 4.00. The van der Waals surface area contributed by atoms with Gasteiger partial charge in [-0.2, -0.15) is 4.52 Å². The monoisotopic (exact) mass is 460 g/mol. The molecule has 2 aliphatic rings. The molecule has 1 saturated heterocycles. The number of alkyl halides is 1. The van der Waals surface area contributed by atoms with Crippen LogP contribution in [-0.2, 0) is 11.3 Å². The highest BCUT2D eigenvalue weighted by molar-refractivity contribution is 5.97. The Morgan fingerprint density at radius 3 is 2.61 bits per heavy atom. The Labute approximate surface area is 190 Å². The number of likely N-dealkylation sites (tertiary alicyclic amines) is 1. The zero-order chi connectivity index (χ0) is 23.9. The number of aromatic hydroxyl groups is 1. The summed E-state index contributed by atoms with van der Waals surface area (Å²) >= 11 is 0. The van der Waals surface area contributed by atoms with E-state index in [1.165, 1.54) is 21.6 Å². The van der Waals surface area contributed by atoms with E-state index < -0.39 is 23.5 Å². The summed E-state index contributed by atoms with van der Waals surface area (Å²) in [5.41, 5.74) is -0.329. The van der Waals surface area contributed by atoms with Crippen molar-refractivity contribution in [2.24, 2.45) is 5.92 Å². The molecule has 3 N–H and O–H groups in total. The Morgan fingerprint density at radius 1 is 1.30 bits per heavy atom. The molecule has 0 aromatic carbocycles. The van der Waals surface area contributed by atoms with E-state index >= 15 is 0 Å². The van der Waals surface area contributed by atoms with Gasteiger partial charge in [-0.1, -0.05) is 13.8 Å². The smallest absolute Gasteiger partial charge is 0.270 e. The minimum absolute atomic E-state index is 0.00930. The Morgan fingerprint density at radius 2 is 2.03 bits per heavy atom. The van der Waals surface area contributed by atoms with Gasteiger partial charge in [0.15, 0.2) is 17.0 Å². The normalized spacial score (nSPS) is 18.6. The standard InChI is InChI=1S/C22H29FN6O4/c1-12(2)10-28-20-15(6-7-16(30)27-9-8-13(23)11-27)18(24-3)26-29(20)22(33)17(21(28)32)19(31)25-14-4-5-14/h6-7,12-14,33H,4-5,8-11H2,1-3H3,(H,24,26)(H,25,31)/b7-6+/t13-/m0/s1. The number of carbonyl (C=O) groups is 2. The summed E-state index contributed by atoms with van der Waals surface area (Å²) in [6.07, 6.45) is 3.77. The highest BCUT2D eigenvalue weighted by atomic mass is 19.1. The third-order valence-electron chi connectivity index (χ3n) is 5.79. The van der Waals surface area contributed by atoms with Crippen LogP contribution in [-0.4, -0.2) is 68.4 Å². The highest BCUT2D eigenvalue weighted by Crippen LogP contribution is 2.28. The second kappa shape index (κ2) is 8.87. The van der Waals surface area contributed by atoms with E-state index in [0.717, 1.165) is 17.4 Å². The lowest BCUT2D eigenvalue weighted by Gasteiger charge is -2.15. The number of aromatic nitrogens is 3. The molecule has 1 saturated carbocycles. The average molecular weight is 461 g/mol. The molecular weight excluding hydrogens is 431 g/mol. The lowest BCUT2D eigenvalue weighted by Crippen LogP contribution is -2.36. The summed E-state index contributed by atoms with van der Waals surface area (Å²) in [5.74, 6) is -1.18. The van der Waals surface area contributed by atoms with Gasteiger partial charge in [-0.25, -0.2) is 4.39 Å². The first-order valence-corrected chi connectivity index (χ1v) is 11.2. The lowest BCUT2D eigenvalue weighted by molar-refractivity contribution is -0.125. The van der Waals surface area contributed by atoms with Crippen molar-refractivity contribution in [3.63, 3.8) is 0 Å². The number of anilines is 1. The molecule has 1 aliphatic heterocycles. The van der Waals surface area contributed by atoms with Crippen LogP contribution >= 0.6 is 0 Å². The summed E-state index contributed by atoms with van der Waals surface area (Å²) in [6.45, 7) is 4.51. The van der Waals surface area contributed by atoms with Crippen molar-refractivity contribution < 1.29 is 19.1 Å². The third-order valence-corrected chi connectivity index (χ3v) is 5.79. The van der Waals surface area contributed by atoms with Crippen LogP contribution in [0.3, 0.4) is 0 Å². The summed E-state index contributed by atoms with van der Waals surface area (Å²) in [7, 11) is 1.62. The van der Waals surface area contributed by atoms with E-state index in [1.807, 2.05) is 13.8 Å². The maximum Gasteiger partial charge on any atom is 0.270 e. The number of hydrogen-bond acceptors (Lipinski definition) is 6. The number of fused-ring (bicyclic) bond motifs is 1. The predicted molar refractivity (Wildman–Crippen MR) is 121 cm³/mol. The Kier molecular flexibility index (Phi) is 6.13. The van der Waals surface area contributed by atoms with Crippen molar-refractivity contribution >= 4 is 29.4 Å². The number of hydrogen-bond donors (Lipinski definition) is 3. The zero-order valence-corrected chi connectivity index (χ0v) is 19.0.